The van der Waals surface area contributed by atoms with Crippen molar-refractivity contribution in [2.75, 3.05) is 13.7 Å². The van der Waals surface area contributed by atoms with Crippen molar-refractivity contribution in [3.63, 3.8) is 0 Å². The predicted molar refractivity (Wildman–Crippen MR) is 82.8 cm³/mol. The summed E-state index contributed by atoms with van der Waals surface area (Å²) < 4.78 is 17.0. The number of ether oxygens (including phenoxy) is 1. The molecule has 1 saturated heterocycles. The first kappa shape index (κ1) is 16.1. The molecule has 1 fully saturated rings. The van der Waals surface area contributed by atoms with Crippen LogP contribution in [0.25, 0.3) is 0 Å². The van der Waals surface area contributed by atoms with Gasteiger partial charge in [-0.05, 0) is 6.42 Å². The summed E-state index contributed by atoms with van der Waals surface area (Å²) in [6.45, 7) is 9.51. The Morgan fingerprint density at radius 3 is 2.65 bits per heavy atom. The van der Waals surface area contributed by atoms with Crippen molar-refractivity contribution in [1.29, 1.82) is 0 Å². The molecule has 3 heterocycles. The smallest absolute Gasteiger partial charge is 0.233 e. The van der Waals surface area contributed by atoms with E-state index in [1.807, 2.05) is 6.20 Å². The van der Waals surface area contributed by atoms with Crippen LogP contribution in [-0.4, -0.2) is 39.8 Å². The van der Waals surface area contributed by atoms with Gasteiger partial charge in [0.1, 0.15) is 5.76 Å². The van der Waals surface area contributed by atoms with E-state index in [-0.39, 0.29) is 17.6 Å². The number of rotatable bonds is 4. The van der Waals surface area contributed by atoms with Gasteiger partial charge >= 0.3 is 0 Å². The fraction of sp³-hybridized carbons (Fsp3) is 0.688. The standard InChI is InChI=1S/C16H24N4O3/c1-10-18-19-15(22-10)12-6-11(21-5)8-20(12)9-14-17-7-13(23-14)16(2,3)4/h7,11-12H,6,8-9H2,1-5H3/t11-,12-/m1/s1. The van der Waals surface area contributed by atoms with Crippen LogP contribution >= 0.6 is 0 Å². The molecular formula is C16H24N4O3. The van der Waals surface area contributed by atoms with Crippen LogP contribution in [0.3, 0.4) is 0 Å². The molecular weight excluding hydrogens is 296 g/mol. The Morgan fingerprint density at radius 1 is 1.30 bits per heavy atom. The lowest BCUT2D eigenvalue weighted by Crippen LogP contribution is -2.25. The topological polar surface area (TPSA) is 77.4 Å². The van der Waals surface area contributed by atoms with Crippen molar-refractivity contribution < 1.29 is 13.6 Å². The molecule has 2 aromatic heterocycles. The second-order valence-corrected chi connectivity index (χ2v) is 7.07. The van der Waals surface area contributed by atoms with Gasteiger partial charge in [-0.15, -0.1) is 10.2 Å². The molecule has 0 aromatic carbocycles. The number of hydrogen-bond acceptors (Lipinski definition) is 7. The van der Waals surface area contributed by atoms with Crippen molar-refractivity contribution >= 4 is 0 Å². The average Bonchev–Trinajstić information content (AvgIpc) is 3.17. The second-order valence-electron chi connectivity index (χ2n) is 7.07. The second kappa shape index (κ2) is 6.05. The zero-order valence-electron chi connectivity index (χ0n) is 14.4. The number of methoxy groups -OCH3 is 1. The van der Waals surface area contributed by atoms with Gasteiger partial charge in [0.15, 0.2) is 0 Å². The van der Waals surface area contributed by atoms with E-state index >= 15 is 0 Å². The number of nitrogens with zero attached hydrogens (tertiary/aromatic N) is 4. The highest BCUT2D eigenvalue weighted by Gasteiger charge is 2.37. The molecule has 0 unspecified atom stereocenters. The summed E-state index contributed by atoms with van der Waals surface area (Å²) in [5, 5.41) is 8.10. The maximum absolute atomic E-state index is 5.91. The Balaban J connectivity index is 1.77. The van der Waals surface area contributed by atoms with Crippen LogP contribution < -0.4 is 0 Å². The molecule has 0 radical (unpaired) electrons. The highest BCUT2D eigenvalue weighted by Crippen LogP contribution is 2.34. The lowest BCUT2D eigenvalue weighted by molar-refractivity contribution is 0.105. The van der Waals surface area contributed by atoms with Crippen LogP contribution in [0.2, 0.25) is 0 Å². The van der Waals surface area contributed by atoms with E-state index in [0.717, 1.165) is 18.7 Å². The highest BCUT2D eigenvalue weighted by atomic mass is 16.5. The molecule has 3 rings (SSSR count). The zero-order chi connectivity index (χ0) is 16.6. The van der Waals surface area contributed by atoms with Crippen LogP contribution in [0, 0.1) is 6.92 Å². The molecule has 126 valence electrons. The molecule has 0 N–H and O–H groups in total. The van der Waals surface area contributed by atoms with Gasteiger partial charge in [-0.2, -0.15) is 0 Å². The van der Waals surface area contributed by atoms with Gasteiger partial charge < -0.3 is 13.6 Å². The Hall–Kier alpha value is -1.73. The van der Waals surface area contributed by atoms with Crippen molar-refractivity contribution in [3.05, 3.63) is 29.6 Å². The highest BCUT2D eigenvalue weighted by molar-refractivity contribution is 5.07. The summed E-state index contributed by atoms with van der Waals surface area (Å²) in [7, 11) is 1.73. The number of hydrogen-bond donors (Lipinski definition) is 0. The maximum Gasteiger partial charge on any atom is 0.233 e. The van der Waals surface area contributed by atoms with E-state index < -0.39 is 0 Å². The molecule has 2 aromatic rings. The van der Waals surface area contributed by atoms with Gasteiger partial charge in [-0.1, -0.05) is 20.8 Å². The number of aromatic nitrogens is 3. The van der Waals surface area contributed by atoms with Crippen LogP contribution in [-0.2, 0) is 16.7 Å². The number of aryl methyl sites for hydroxylation is 1. The van der Waals surface area contributed by atoms with Gasteiger partial charge in [-0.25, -0.2) is 4.98 Å². The summed E-state index contributed by atoms with van der Waals surface area (Å²) in [5.41, 5.74) is -0.0473. The molecule has 1 aliphatic heterocycles. The largest absolute Gasteiger partial charge is 0.444 e. The SMILES string of the molecule is CO[C@@H]1C[C@H](c2nnc(C)o2)N(Cc2ncc(C(C)(C)C)o2)C1. The number of oxazole rings is 1. The van der Waals surface area contributed by atoms with Crippen molar-refractivity contribution in [1.82, 2.24) is 20.1 Å². The quantitative estimate of drug-likeness (QED) is 0.857. The lowest BCUT2D eigenvalue weighted by atomic mass is 9.94. The third-order valence-electron chi connectivity index (χ3n) is 4.16. The molecule has 7 nitrogen and oxygen atoms in total. The van der Waals surface area contributed by atoms with E-state index in [9.17, 15) is 0 Å². The Bertz CT molecular complexity index is 658. The minimum atomic E-state index is -0.0473. The molecule has 0 spiro atoms. The fourth-order valence-corrected chi connectivity index (χ4v) is 2.81. The molecule has 7 heteroatoms. The zero-order valence-corrected chi connectivity index (χ0v) is 14.4. The van der Waals surface area contributed by atoms with E-state index in [2.05, 4.69) is 40.9 Å². The third kappa shape index (κ3) is 3.45. The first-order chi connectivity index (χ1) is 10.9. The van der Waals surface area contributed by atoms with E-state index in [1.54, 1.807) is 14.0 Å². The van der Waals surface area contributed by atoms with Gasteiger partial charge in [0.25, 0.3) is 0 Å². The molecule has 0 saturated carbocycles. The summed E-state index contributed by atoms with van der Waals surface area (Å²) in [5.74, 6) is 2.80. The Kier molecular flexibility index (Phi) is 4.25. The van der Waals surface area contributed by atoms with E-state index in [0.29, 0.717) is 24.2 Å². The Morgan fingerprint density at radius 2 is 2.09 bits per heavy atom. The first-order valence-electron chi connectivity index (χ1n) is 7.89. The van der Waals surface area contributed by atoms with E-state index in [4.69, 9.17) is 13.6 Å². The predicted octanol–water partition coefficient (Wildman–Crippen LogP) is 2.63. The van der Waals surface area contributed by atoms with Gasteiger partial charge in [0.2, 0.25) is 17.7 Å². The van der Waals surface area contributed by atoms with Crippen LogP contribution in [0.5, 0.6) is 0 Å². The molecule has 0 aliphatic carbocycles. The van der Waals surface area contributed by atoms with Gasteiger partial charge in [0, 0.05) is 26.0 Å². The fourth-order valence-electron chi connectivity index (χ4n) is 2.81. The average molecular weight is 320 g/mol. The summed E-state index contributed by atoms with van der Waals surface area (Å²) >= 11 is 0. The summed E-state index contributed by atoms with van der Waals surface area (Å²) in [4.78, 5) is 6.64. The van der Waals surface area contributed by atoms with Crippen LogP contribution in [0.4, 0.5) is 0 Å². The van der Waals surface area contributed by atoms with Gasteiger partial charge in [-0.3, -0.25) is 4.90 Å². The first-order valence-corrected chi connectivity index (χ1v) is 7.89. The molecule has 23 heavy (non-hydrogen) atoms. The Labute approximate surface area is 136 Å². The van der Waals surface area contributed by atoms with Crippen molar-refractivity contribution in [2.45, 2.75) is 58.2 Å². The molecule has 0 amide bonds. The van der Waals surface area contributed by atoms with Crippen LogP contribution in [0.15, 0.2) is 15.0 Å². The van der Waals surface area contributed by atoms with Crippen molar-refractivity contribution in [3.8, 4) is 0 Å². The third-order valence-corrected chi connectivity index (χ3v) is 4.16. The molecule has 1 aliphatic rings. The monoisotopic (exact) mass is 320 g/mol. The van der Waals surface area contributed by atoms with Gasteiger partial charge in [0.05, 0.1) is 24.9 Å². The maximum atomic E-state index is 5.91. The summed E-state index contributed by atoms with van der Waals surface area (Å²) in [6, 6.07) is 0.0335. The normalized spacial score (nSPS) is 22.8. The minimum absolute atomic E-state index is 0.0335. The summed E-state index contributed by atoms with van der Waals surface area (Å²) in [6.07, 6.45) is 2.78. The lowest BCUT2D eigenvalue weighted by Gasteiger charge is -2.19. The molecule has 0 bridgehead atoms. The van der Waals surface area contributed by atoms with E-state index in [1.165, 1.54) is 0 Å². The molecule has 2 atom stereocenters. The van der Waals surface area contributed by atoms with Crippen LogP contribution in [0.1, 0.15) is 56.7 Å². The number of likely N-dealkylation sites (tertiary alicyclic amines) is 1. The van der Waals surface area contributed by atoms with Crippen molar-refractivity contribution in [2.24, 2.45) is 0 Å². The minimum Gasteiger partial charge on any atom is -0.444 e.